The number of benzene rings is 1. The first-order valence-electron chi connectivity index (χ1n) is 9.59. The Morgan fingerprint density at radius 1 is 1.03 bits per heavy atom. The summed E-state index contributed by atoms with van der Waals surface area (Å²) in [5.41, 5.74) is 0. The van der Waals surface area contributed by atoms with Gasteiger partial charge in [-0.15, -0.1) is 0 Å². The highest BCUT2D eigenvalue weighted by molar-refractivity contribution is 7.89. The van der Waals surface area contributed by atoms with Gasteiger partial charge in [0.15, 0.2) is 0 Å². The molecule has 8 nitrogen and oxygen atoms in total. The molecule has 2 heterocycles. The van der Waals surface area contributed by atoms with Gasteiger partial charge in [-0.1, -0.05) is 12.1 Å². The molecule has 29 heavy (non-hydrogen) atoms. The van der Waals surface area contributed by atoms with E-state index in [0.29, 0.717) is 32.2 Å². The third-order valence-corrected chi connectivity index (χ3v) is 8.68. The predicted molar refractivity (Wildman–Crippen MR) is 105 cm³/mol. The van der Waals surface area contributed by atoms with Crippen molar-refractivity contribution in [1.29, 1.82) is 0 Å². The molecule has 0 radical (unpaired) electrons. The molecule has 162 valence electrons. The highest BCUT2D eigenvalue weighted by Gasteiger charge is 2.34. The fraction of sp³-hybridized carbons (Fsp3) is 0.611. The molecule has 1 atom stereocenters. The molecule has 1 N–H and O–H groups in total. The van der Waals surface area contributed by atoms with Crippen molar-refractivity contribution in [2.75, 3.05) is 32.4 Å². The van der Waals surface area contributed by atoms with Crippen LogP contribution >= 0.6 is 0 Å². The summed E-state index contributed by atoms with van der Waals surface area (Å²) in [6, 6.07) is 5.00. The van der Waals surface area contributed by atoms with E-state index in [0.717, 1.165) is 12.3 Å². The van der Waals surface area contributed by atoms with Gasteiger partial charge < -0.3 is 5.32 Å². The van der Waals surface area contributed by atoms with Crippen LogP contribution in [0.5, 0.6) is 0 Å². The molecule has 2 aliphatic heterocycles. The topological polar surface area (TPSA) is 104 Å². The van der Waals surface area contributed by atoms with Crippen LogP contribution in [-0.2, 0) is 24.8 Å². The molecule has 0 saturated carbocycles. The maximum absolute atomic E-state index is 13.9. The number of amides is 1. The molecule has 1 amide bonds. The van der Waals surface area contributed by atoms with Gasteiger partial charge >= 0.3 is 0 Å². The molecule has 1 aromatic rings. The van der Waals surface area contributed by atoms with Crippen LogP contribution in [0.2, 0.25) is 0 Å². The molecular weight excluding hydrogens is 421 g/mol. The molecule has 11 heteroatoms. The van der Waals surface area contributed by atoms with E-state index in [4.69, 9.17) is 0 Å². The van der Waals surface area contributed by atoms with Crippen LogP contribution < -0.4 is 5.32 Å². The van der Waals surface area contributed by atoms with E-state index < -0.39 is 25.9 Å². The van der Waals surface area contributed by atoms with E-state index in [1.807, 2.05) is 0 Å². The van der Waals surface area contributed by atoms with E-state index in [1.165, 1.54) is 26.8 Å². The summed E-state index contributed by atoms with van der Waals surface area (Å²) in [7, 11) is -7.23. The maximum atomic E-state index is 13.9. The summed E-state index contributed by atoms with van der Waals surface area (Å²) in [5.74, 6) is -1.33. The molecule has 2 aliphatic rings. The molecule has 0 bridgehead atoms. The standard InChI is InChI=1S/C18H26FN3O5S2/c1-28(24,25)22-10-4-5-15(13-22)20-18(23)14-8-11-21(12-9-14)29(26,27)17-7-3-2-6-16(17)19/h2-3,6-7,14-15H,4-5,8-13H2,1H3,(H,20,23). The smallest absolute Gasteiger partial charge is 0.245 e. The van der Waals surface area contributed by atoms with E-state index in [2.05, 4.69) is 5.32 Å². The van der Waals surface area contributed by atoms with Crippen LogP contribution in [0.15, 0.2) is 29.2 Å². The molecule has 1 aromatic carbocycles. The summed E-state index contributed by atoms with van der Waals surface area (Å²) < 4.78 is 65.2. The van der Waals surface area contributed by atoms with E-state index in [9.17, 15) is 26.0 Å². The monoisotopic (exact) mass is 447 g/mol. The number of halogens is 1. The van der Waals surface area contributed by atoms with Crippen molar-refractivity contribution in [1.82, 2.24) is 13.9 Å². The highest BCUT2D eigenvalue weighted by Crippen LogP contribution is 2.25. The zero-order valence-corrected chi connectivity index (χ0v) is 17.9. The third-order valence-electron chi connectivity index (χ3n) is 5.48. The maximum Gasteiger partial charge on any atom is 0.245 e. The largest absolute Gasteiger partial charge is 0.352 e. The van der Waals surface area contributed by atoms with E-state index >= 15 is 0 Å². The SMILES string of the molecule is CS(=O)(=O)N1CCCC(NC(=O)C2CCN(S(=O)(=O)c3ccccc3F)CC2)C1. The number of nitrogens with one attached hydrogen (secondary N) is 1. The molecule has 0 aromatic heterocycles. The fourth-order valence-electron chi connectivity index (χ4n) is 3.83. The Kier molecular flexibility index (Phi) is 6.61. The summed E-state index contributed by atoms with van der Waals surface area (Å²) in [6.45, 7) is 0.979. The molecule has 0 spiro atoms. The average Bonchev–Trinajstić information content (AvgIpc) is 2.68. The summed E-state index contributed by atoms with van der Waals surface area (Å²) in [4.78, 5) is 12.2. The molecule has 3 rings (SSSR count). The van der Waals surface area contributed by atoms with Crippen LogP contribution in [0, 0.1) is 11.7 Å². The van der Waals surface area contributed by atoms with E-state index in [1.54, 1.807) is 0 Å². The second-order valence-corrected chi connectivity index (χ2v) is 11.5. The predicted octanol–water partition coefficient (Wildman–Crippen LogP) is 0.767. The van der Waals surface area contributed by atoms with Crippen LogP contribution in [0.4, 0.5) is 4.39 Å². The minimum absolute atomic E-state index is 0.134. The Bertz CT molecular complexity index is 959. The minimum atomic E-state index is -3.94. The van der Waals surface area contributed by atoms with Gasteiger partial charge in [0, 0.05) is 38.1 Å². The first-order valence-corrected chi connectivity index (χ1v) is 12.9. The molecular formula is C18H26FN3O5S2. The Balaban J connectivity index is 1.57. The lowest BCUT2D eigenvalue weighted by Crippen LogP contribution is -2.51. The van der Waals surface area contributed by atoms with Crippen LogP contribution in [0.1, 0.15) is 25.7 Å². The van der Waals surface area contributed by atoms with E-state index in [-0.39, 0.29) is 42.4 Å². The van der Waals surface area contributed by atoms with Crippen molar-refractivity contribution in [3.8, 4) is 0 Å². The van der Waals surface area contributed by atoms with Gasteiger partial charge in [-0.25, -0.2) is 25.5 Å². The highest BCUT2D eigenvalue weighted by atomic mass is 32.2. The van der Waals surface area contributed by atoms with Crippen molar-refractivity contribution < 1.29 is 26.0 Å². The van der Waals surface area contributed by atoms with Crippen molar-refractivity contribution in [3.63, 3.8) is 0 Å². The number of rotatable bonds is 5. The third kappa shape index (κ3) is 5.14. The lowest BCUT2D eigenvalue weighted by atomic mass is 9.96. The van der Waals surface area contributed by atoms with Gasteiger partial charge in [0.1, 0.15) is 10.7 Å². The van der Waals surface area contributed by atoms with Gasteiger partial charge in [-0.2, -0.15) is 4.31 Å². The minimum Gasteiger partial charge on any atom is -0.352 e. The Morgan fingerprint density at radius 3 is 2.31 bits per heavy atom. The van der Waals surface area contributed by atoms with Gasteiger partial charge in [0.25, 0.3) is 0 Å². The number of sulfonamides is 2. The van der Waals surface area contributed by atoms with Gasteiger partial charge in [-0.3, -0.25) is 4.79 Å². The number of hydrogen-bond acceptors (Lipinski definition) is 5. The molecule has 2 saturated heterocycles. The number of carbonyl (C=O) groups is 1. The first-order chi connectivity index (χ1) is 13.6. The molecule has 1 unspecified atom stereocenters. The summed E-state index contributed by atoms with van der Waals surface area (Å²) in [5, 5.41) is 2.91. The Labute approximate surface area is 171 Å². The molecule has 0 aliphatic carbocycles. The number of nitrogens with zero attached hydrogens (tertiary/aromatic N) is 2. The van der Waals surface area contributed by atoms with Crippen molar-refractivity contribution >= 4 is 26.0 Å². The second-order valence-electron chi connectivity index (χ2n) is 7.58. The number of carbonyl (C=O) groups excluding carboxylic acids is 1. The second kappa shape index (κ2) is 8.66. The summed E-state index contributed by atoms with van der Waals surface area (Å²) in [6.07, 6.45) is 3.21. The van der Waals surface area contributed by atoms with Crippen LogP contribution in [0.3, 0.4) is 0 Å². The van der Waals surface area contributed by atoms with Crippen LogP contribution in [-0.4, -0.2) is 69.8 Å². The zero-order valence-electron chi connectivity index (χ0n) is 16.3. The van der Waals surface area contributed by atoms with Crippen molar-refractivity contribution in [3.05, 3.63) is 30.1 Å². The first kappa shape index (κ1) is 22.1. The fourth-order valence-corrected chi connectivity index (χ4v) is 6.28. The van der Waals surface area contributed by atoms with Crippen molar-refractivity contribution in [2.45, 2.75) is 36.6 Å². The summed E-state index contributed by atoms with van der Waals surface area (Å²) >= 11 is 0. The van der Waals surface area contributed by atoms with Gasteiger partial charge in [-0.05, 0) is 37.8 Å². The van der Waals surface area contributed by atoms with Gasteiger partial charge in [0.05, 0.1) is 6.26 Å². The molecule has 2 fully saturated rings. The zero-order chi connectivity index (χ0) is 21.2. The van der Waals surface area contributed by atoms with Crippen molar-refractivity contribution in [2.24, 2.45) is 5.92 Å². The van der Waals surface area contributed by atoms with Crippen LogP contribution in [0.25, 0.3) is 0 Å². The normalized spacial score (nSPS) is 23.0. The quantitative estimate of drug-likeness (QED) is 0.718. The Morgan fingerprint density at radius 2 is 1.69 bits per heavy atom. The van der Waals surface area contributed by atoms with Gasteiger partial charge in [0.2, 0.25) is 26.0 Å². The Hall–Kier alpha value is -1.56. The average molecular weight is 448 g/mol. The lowest BCUT2D eigenvalue weighted by Gasteiger charge is -2.34. The number of hydrogen-bond donors (Lipinski definition) is 1. The number of piperidine rings is 2. The lowest BCUT2D eigenvalue weighted by molar-refractivity contribution is -0.127.